The number of allylic oxidation sites excluding steroid dienone is 6. The number of unbranched alkanes of at least 4 members (excludes halogenated alkanes) is 1. The Morgan fingerprint density at radius 1 is 1.00 bits per heavy atom. The Morgan fingerprint density at radius 2 is 1.58 bits per heavy atom. The van der Waals surface area contributed by atoms with E-state index >= 15 is 0 Å². The number of hydrogen-bond acceptors (Lipinski definition) is 2. The lowest BCUT2D eigenvalue weighted by Gasteiger charge is -2.19. The fourth-order valence-corrected chi connectivity index (χ4v) is 1.46. The summed E-state index contributed by atoms with van der Waals surface area (Å²) in [5, 5.41) is 0. The van der Waals surface area contributed by atoms with Gasteiger partial charge in [-0.25, -0.2) is 0 Å². The van der Waals surface area contributed by atoms with Gasteiger partial charge in [0.15, 0.2) is 0 Å². The van der Waals surface area contributed by atoms with E-state index in [0.717, 1.165) is 25.7 Å². The highest BCUT2D eigenvalue weighted by Crippen LogP contribution is 2.10. The van der Waals surface area contributed by atoms with Gasteiger partial charge in [0.05, 0.1) is 0 Å². The van der Waals surface area contributed by atoms with Crippen LogP contribution in [0.3, 0.4) is 0 Å². The monoisotopic (exact) mass is 264 g/mol. The molecule has 0 aliphatic rings. The highest BCUT2D eigenvalue weighted by Gasteiger charge is 2.15. The van der Waals surface area contributed by atoms with E-state index in [1.165, 1.54) is 0 Å². The third kappa shape index (κ3) is 14.6. The van der Waals surface area contributed by atoms with Crippen LogP contribution in [0, 0.1) is 0 Å². The average Bonchev–Trinajstić information content (AvgIpc) is 2.29. The van der Waals surface area contributed by atoms with Crippen molar-refractivity contribution in [3.05, 3.63) is 36.5 Å². The lowest BCUT2D eigenvalue weighted by molar-refractivity contribution is -0.154. The van der Waals surface area contributed by atoms with E-state index in [0.29, 0.717) is 6.42 Å². The van der Waals surface area contributed by atoms with Crippen LogP contribution in [0.25, 0.3) is 0 Å². The molecule has 0 unspecified atom stereocenters. The van der Waals surface area contributed by atoms with Crippen LogP contribution >= 0.6 is 0 Å². The van der Waals surface area contributed by atoms with Gasteiger partial charge in [-0.2, -0.15) is 0 Å². The molecule has 108 valence electrons. The minimum Gasteiger partial charge on any atom is -0.460 e. The van der Waals surface area contributed by atoms with Gasteiger partial charge in [-0.15, -0.1) is 0 Å². The fourth-order valence-electron chi connectivity index (χ4n) is 1.46. The first-order valence-corrected chi connectivity index (χ1v) is 7.08. The lowest BCUT2D eigenvalue weighted by Crippen LogP contribution is -2.23. The second-order valence-corrected chi connectivity index (χ2v) is 5.46. The summed E-state index contributed by atoms with van der Waals surface area (Å²) < 4.78 is 5.24. The van der Waals surface area contributed by atoms with Crippen molar-refractivity contribution in [2.45, 2.75) is 65.4 Å². The van der Waals surface area contributed by atoms with Crippen molar-refractivity contribution in [2.24, 2.45) is 0 Å². The fraction of sp³-hybridized carbons (Fsp3) is 0.588. The standard InChI is InChI=1S/C17H28O2/c1-5-6-7-8-9-10-11-12-13-14-15-16(18)19-17(2,3)4/h5-6,8-9,11-12H,7,10,13-15H2,1-4H3/b6-5-,9-8-,12-11-. The molecule has 0 bridgehead atoms. The van der Waals surface area contributed by atoms with E-state index in [1.807, 2.05) is 27.7 Å². The predicted octanol–water partition coefficient (Wildman–Crippen LogP) is 4.97. The first kappa shape index (κ1) is 17.7. The van der Waals surface area contributed by atoms with Crippen LogP contribution in [0.1, 0.15) is 59.8 Å². The largest absolute Gasteiger partial charge is 0.460 e. The Kier molecular flexibility index (Phi) is 9.87. The molecular weight excluding hydrogens is 236 g/mol. The molecular formula is C17H28O2. The van der Waals surface area contributed by atoms with Gasteiger partial charge in [0.2, 0.25) is 0 Å². The molecule has 0 spiro atoms. The zero-order valence-corrected chi connectivity index (χ0v) is 12.8. The summed E-state index contributed by atoms with van der Waals surface area (Å²) in [6.07, 6.45) is 17.0. The first-order valence-electron chi connectivity index (χ1n) is 7.08. The summed E-state index contributed by atoms with van der Waals surface area (Å²) in [7, 11) is 0. The molecule has 0 saturated heterocycles. The van der Waals surface area contributed by atoms with Gasteiger partial charge in [0.25, 0.3) is 0 Å². The van der Waals surface area contributed by atoms with Crippen molar-refractivity contribution in [1.82, 2.24) is 0 Å². The third-order valence-electron chi connectivity index (χ3n) is 2.29. The summed E-state index contributed by atoms with van der Waals surface area (Å²) in [4.78, 5) is 11.4. The van der Waals surface area contributed by atoms with Crippen molar-refractivity contribution in [2.75, 3.05) is 0 Å². The van der Waals surface area contributed by atoms with E-state index in [1.54, 1.807) is 0 Å². The van der Waals surface area contributed by atoms with E-state index < -0.39 is 0 Å². The van der Waals surface area contributed by atoms with Gasteiger partial charge in [-0.3, -0.25) is 4.79 Å². The molecule has 0 atom stereocenters. The van der Waals surface area contributed by atoms with Crippen molar-refractivity contribution in [3.8, 4) is 0 Å². The maximum Gasteiger partial charge on any atom is 0.306 e. The highest BCUT2D eigenvalue weighted by molar-refractivity contribution is 5.69. The Labute approximate surface area is 118 Å². The van der Waals surface area contributed by atoms with Gasteiger partial charge < -0.3 is 4.74 Å². The van der Waals surface area contributed by atoms with Crippen LogP contribution in [-0.4, -0.2) is 11.6 Å². The van der Waals surface area contributed by atoms with Crippen LogP contribution in [-0.2, 0) is 9.53 Å². The summed E-state index contributed by atoms with van der Waals surface area (Å²) in [5.74, 6) is -0.104. The van der Waals surface area contributed by atoms with Crippen molar-refractivity contribution >= 4 is 5.97 Å². The SMILES string of the molecule is C/C=C\C/C=C\C/C=C\CCCC(=O)OC(C)(C)C. The topological polar surface area (TPSA) is 26.3 Å². The molecule has 19 heavy (non-hydrogen) atoms. The van der Waals surface area contributed by atoms with E-state index in [2.05, 4.69) is 36.5 Å². The number of hydrogen-bond donors (Lipinski definition) is 0. The maximum absolute atomic E-state index is 11.4. The smallest absolute Gasteiger partial charge is 0.306 e. The zero-order valence-electron chi connectivity index (χ0n) is 12.8. The molecule has 2 heteroatoms. The normalized spacial score (nSPS) is 12.8. The van der Waals surface area contributed by atoms with Gasteiger partial charge >= 0.3 is 5.97 Å². The second kappa shape index (κ2) is 10.6. The van der Waals surface area contributed by atoms with Crippen LogP contribution in [0.5, 0.6) is 0 Å². The molecule has 0 aliphatic heterocycles. The number of carbonyl (C=O) groups is 1. The quantitative estimate of drug-likeness (QED) is 0.351. The summed E-state index contributed by atoms with van der Waals surface area (Å²) >= 11 is 0. The van der Waals surface area contributed by atoms with E-state index in [4.69, 9.17) is 4.74 Å². The Bertz CT molecular complexity index is 317. The number of esters is 1. The van der Waals surface area contributed by atoms with E-state index in [-0.39, 0.29) is 11.6 Å². The summed E-state index contributed by atoms with van der Waals surface area (Å²) in [5.41, 5.74) is -0.370. The van der Waals surface area contributed by atoms with Crippen molar-refractivity contribution < 1.29 is 9.53 Å². The molecule has 0 aromatic rings. The van der Waals surface area contributed by atoms with Gasteiger partial charge in [0, 0.05) is 6.42 Å². The average molecular weight is 264 g/mol. The molecule has 0 aromatic carbocycles. The molecule has 0 saturated carbocycles. The van der Waals surface area contributed by atoms with Crippen molar-refractivity contribution in [3.63, 3.8) is 0 Å². The predicted molar refractivity (Wildman–Crippen MR) is 82.0 cm³/mol. The molecule has 0 amide bonds. The number of rotatable bonds is 8. The van der Waals surface area contributed by atoms with E-state index in [9.17, 15) is 4.79 Å². The molecule has 2 nitrogen and oxygen atoms in total. The molecule has 0 rings (SSSR count). The molecule has 0 radical (unpaired) electrons. The Balaban J connectivity index is 3.53. The minimum absolute atomic E-state index is 0.104. The lowest BCUT2D eigenvalue weighted by atomic mass is 10.2. The summed E-state index contributed by atoms with van der Waals surface area (Å²) in [6, 6.07) is 0. The zero-order chi connectivity index (χ0) is 14.6. The van der Waals surface area contributed by atoms with Crippen LogP contribution in [0.4, 0.5) is 0 Å². The van der Waals surface area contributed by atoms with Crippen LogP contribution in [0.2, 0.25) is 0 Å². The van der Waals surface area contributed by atoms with Gasteiger partial charge in [0.1, 0.15) is 5.60 Å². The van der Waals surface area contributed by atoms with Gasteiger partial charge in [-0.05, 0) is 53.4 Å². The van der Waals surface area contributed by atoms with Crippen LogP contribution < -0.4 is 0 Å². The van der Waals surface area contributed by atoms with Crippen LogP contribution in [0.15, 0.2) is 36.5 Å². The Morgan fingerprint density at radius 3 is 2.16 bits per heavy atom. The first-order chi connectivity index (χ1) is 8.95. The summed E-state index contributed by atoms with van der Waals surface area (Å²) in [6.45, 7) is 7.71. The molecule has 0 aliphatic carbocycles. The number of ether oxygens (including phenoxy) is 1. The molecule has 0 heterocycles. The molecule has 0 N–H and O–H groups in total. The minimum atomic E-state index is -0.370. The Hall–Kier alpha value is -1.31. The maximum atomic E-state index is 11.4. The highest BCUT2D eigenvalue weighted by atomic mass is 16.6. The van der Waals surface area contributed by atoms with Crippen molar-refractivity contribution in [1.29, 1.82) is 0 Å². The third-order valence-corrected chi connectivity index (χ3v) is 2.29. The molecule has 0 aromatic heterocycles. The molecule has 0 fully saturated rings. The van der Waals surface area contributed by atoms with Gasteiger partial charge in [-0.1, -0.05) is 36.5 Å². The second-order valence-electron chi connectivity index (χ2n) is 5.46. The number of carbonyl (C=O) groups excluding carboxylic acids is 1.